The van der Waals surface area contributed by atoms with Crippen LogP contribution in [0.5, 0.6) is 5.75 Å². The van der Waals surface area contributed by atoms with Crippen molar-refractivity contribution in [2.24, 2.45) is 5.92 Å². The molecule has 8 nitrogen and oxygen atoms in total. The molecule has 6 rings (SSSR count). The van der Waals surface area contributed by atoms with Crippen molar-refractivity contribution < 1.29 is 14.3 Å². The highest BCUT2D eigenvalue weighted by Crippen LogP contribution is 2.35. The summed E-state index contributed by atoms with van der Waals surface area (Å²) in [5.41, 5.74) is 3.92. The molecule has 0 unspecified atom stereocenters. The quantitative estimate of drug-likeness (QED) is 0.240. The van der Waals surface area contributed by atoms with E-state index in [2.05, 4.69) is 35.4 Å². The molecular weight excluding hydrogens is 586 g/mol. The third-order valence-corrected chi connectivity index (χ3v) is 9.34. The van der Waals surface area contributed by atoms with Gasteiger partial charge in [-0.1, -0.05) is 54.9 Å². The van der Waals surface area contributed by atoms with Crippen LogP contribution in [0, 0.1) is 5.92 Å². The maximum Gasteiger partial charge on any atom is 0.318 e. The summed E-state index contributed by atoms with van der Waals surface area (Å²) in [6, 6.07) is 22.6. The fourth-order valence-electron chi connectivity index (χ4n) is 6.87. The van der Waals surface area contributed by atoms with E-state index in [0.717, 1.165) is 59.3 Å². The minimum atomic E-state index is -0.781. The highest BCUT2D eigenvalue weighted by atomic mass is 35.5. The minimum Gasteiger partial charge on any atom is -0.490 e. The molecule has 1 saturated heterocycles. The molecule has 0 radical (unpaired) electrons. The molecule has 9 heteroatoms. The lowest BCUT2D eigenvalue weighted by atomic mass is 9.88. The van der Waals surface area contributed by atoms with Crippen LogP contribution in [0.25, 0.3) is 10.9 Å². The van der Waals surface area contributed by atoms with Gasteiger partial charge in [0.15, 0.2) is 0 Å². The molecule has 45 heavy (non-hydrogen) atoms. The van der Waals surface area contributed by atoms with Crippen LogP contribution < -0.4 is 15.0 Å². The molecule has 2 aliphatic rings. The number of halogens is 1. The molecular formula is C36H42ClN5O3. The Balaban J connectivity index is 1.26. The molecule has 3 aromatic carbocycles. The number of carbonyl (C=O) groups excluding carboxylic acids is 2. The third kappa shape index (κ3) is 6.97. The van der Waals surface area contributed by atoms with Crippen LogP contribution in [-0.4, -0.2) is 79.1 Å². The predicted octanol–water partition coefficient (Wildman–Crippen LogP) is 6.31. The number of hydrogen-bond donors (Lipinski definition) is 2. The lowest BCUT2D eigenvalue weighted by Crippen LogP contribution is -2.57. The van der Waals surface area contributed by atoms with Crippen LogP contribution in [0.15, 0.2) is 79.0 Å². The van der Waals surface area contributed by atoms with E-state index in [4.69, 9.17) is 16.3 Å². The van der Waals surface area contributed by atoms with Crippen molar-refractivity contribution in [2.45, 2.75) is 44.2 Å². The molecule has 2 N–H and O–H groups in total. The van der Waals surface area contributed by atoms with Crippen LogP contribution in [-0.2, 0) is 11.2 Å². The van der Waals surface area contributed by atoms with Crippen molar-refractivity contribution in [2.75, 3.05) is 45.2 Å². The number of H-pyrrole nitrogens is 1. The number of likely N-dealkylation sites (tertiary alicyclic amines) is 1. The number of hydrogen-bond acceptors (Lipinski definition) is 4. The van der Waals surface area contributed by atoms with E-state index in [-0.39, 0.29) is 29.9 Å². The number of amides is 3. The second kappa shape index (κ2) is 13.5. The number of benzene rings is 3. The zero-order chi connectivity index (χ0) is 31.5. The monoisotopic (exact) mass is 627 g/mol. The van der Waals surface area contributed by atoms with Gasteiger partial charge in [-0.25, -0.2) is 4.79 Å². The molecule has 3 heterocycles. The van der Waals surface area contributed by atoms with Gasteiger partial charge in [0, 0.05) is 72.7 Å². The van der Waals surface area contributed by atoms with Gasteiger partial charge in [-0.2, -0.15) is 0 Å². The Morgan fingerprint density at radius 2 is 1.78 bits per heavy atom. The van der Waals surface area contributed by atoms with Crippen molar-refractivity contribution in [3.63, 3.8) is 0 Å². The van der Waals surface area contributed by atoms with Crippen LogP contribution >= 0.6 is 11.6 Å². The Morgan fingerprint density at radius 1 is 1.04 bits per heavy atom. The first-order valence-electron chi connectivity index (χ1n) is 15.8. The number of nitrogens with one attached hydrogen (secondary N) is 2. The van der Waals surface area contributed by atoms with Crippen LogP contribution in [0.1, 0.15) is 36.8 Å². The second-order valence-electron chi connectivity index (χ2n) is 12.7. The van der Waals surface area contributed by atoms with Crippen LogP contribution in [0.2, 0.25) is 5.02 Å². The molecule has 1 fully saturated rings. The van der Waals surface area contributed by atoms with Gasteiger partial charge in [0.25, 0.3) is 0 Å². The van der Waals surface area contributed by atoms with Crippen molar-refractivity contribution >= 4 is 40.1 Å². The largest absolute Gasteiger partial charge is 0.490 e. The van der Waals surface area contributed by atoms with E-state index in [0.29, 0.717) is 24.7 Å². The maximum atomic E-state index is 14.7. The van der Waals surface area contributed by atoms with Crippen molar-refractivity contribution in [1.82, 2.24) is 20.1 Å². The van der Waals surface area contributed by atoms with E-state index < -0.39 is 6.04 Å². The Bertz CT molecular complexity index is 1630. The Kier molecular flexibility index (Phi) is 9.33. The van der Waals surface area contributed by atoms with E-state index in [1.807, 2.05) is 89.7 Å². The first kappa shape index (κ1) is 31.0. The summed E-state index contributed by atoms with van der Waals surface area (Å²) in [7, 11) is 4.10. The number of para-hydroxylation sites is 2. The first-order chi connectivity index (χ1) is 21.8. The van der Waals surface area contributed by atoms with Gasteiger partial charge >= 0.3 is 6.03 Å². The van der Waals surface area contributed by atoms with Crippen molar-refractivity contribution in [1.29, 1.82) is 0 Å². The normalized spacial score (nSPS) is 18.5. The minimum absolute atomic E-state index is 0.0457. The summed E-state index contributed by atoms with van der Waals surface area (Å²) in [6.07, 6.45) is 4.31. The number of piperidine rings is 1. The van der Waals surface area contributed by atoms with Gasteiger partial charge in [0.05, 0.1) is 0 Å². The van der Waals surface area contributed by atoms with Gasteiger partial charge in [-0.15, -0.1) is 0 Å². The number of aromatic amines is 1. The zero-order valence-electron chi connectivity index (χ0n) is 26.2. The second-order valence-corrected chi connectivity index (χ2v) is 13.1. The number of nitrogens with zero attached hydrogens (tertiary/aromatic N) is 3. The van der Waals surface area contributed by atoms with E-state index >= 15 is 0 Å². The molecule has 236 valence electrons. The Labute approximate surface area is 270 Å². The van der Waals surface area contributed by atoms with E-state index in [1.165, 1.54) is 0 Å². The number of carbonyl (C=O) groups is 2. The number of rotatable bonds is 8. The smallest absolute Gasteiger partial charge is 0.318 e. The van der Waals surface area contributed by atoms with Gasteiger partial charge < -0.3 is 29.7 Å². The maximum absolute atomic E-state index is 14.7. The fourth-order valence-corrected chi connectivity index (χ4v) is 7.07. The summed E-state index contributed by atoms with van der Waals surface area (Å²) in [6.45, 7) is 4.55. The molecule has 0 saturated carbocycles. The number of anilines is 1. The topological polar surface area (TPSA) is 80.9 Å². The lowest BCUT2D eigenvalue weighted by Gasteiger charge is -2.39. The molecule has 1 aromatic heterocycles. The number of ether oxygens (including phenoxy) is 1. The molecule has 0 spiro atoms. The Hall–Kier alpha value is -4.01. The number of urea groups is 1. The molecule has 3 amide bonds. The first-order valence-corrected chi connectivity index (χ1v) is 16.2. The van der Waals surface area contributed by atoms with Crippen molar-refractivity contribution in [3.05, 3.63) is 95.1 Å². The fraction of sp³-hybridized carbons (Fsp3) is 0.389. The van der Waals surface area contributed by atoms with Gasteiger partial charge in [-0.3, -0.25) is 4.79 Å². The molecule has 3 atom stereocenters. The van der Waals surface area contributed by atoms with E-state index in [1.54, 1.807) is 0 Å². The van der Waals surface area contributed by atoms with E-state index in [9.17, 15) is 9.59 Å². The molecule has 2 aliphatic heterocycles. The Morgan fingerprint density at radius 3 is 2.53 bits per heavy atom. The standard InChI is InChI=1S/C36H42ClN5O3/c1-24(31-21-38-32-12-8-7-11-30(31)32)34(39-36(44)41-17-15-29(16-18-41)45-28-9-5-4-6-10-28)35(43)42-23-25(22-40(2)3)19-26-20-27(37)13-14-33(26)42/h4-14,20-21,24-25,29,34,38H,15-19,22-23H2,1-3H3,(H,39,44)/t24-,25+,34-/m0/s1. The third-order valence-electron chi connectivity index (χ3n) is 9.10. The van der Waals surface area contributed by atoms with Crippen molar-refractivity contribution in [3.8, 4) is 5.75 Å². The average Bonchev–Trinajstić information content (AvgIpc) is 3.47. The summed E-state index contributed by atoms with van der Waals surface area (Å²) in [4.78, 5) is 37.8. The zero-order valence-corrected chi connectivity index (χ0v) is 27.0. The van der Waals surface area contributed by atoms with Crippen LogP contribution in [0.3, 0.4) is 0 Å². The summed E-state index contributed by atoms with van der Waals surface area (Å²) >= 11 is 6.42. The van der Waals surface area contributed by atoms with Gasteiger partial charge in [0.1, 0.15) is 17.9 Å². The highest BCUT2D eigenvalue weighted by molar-refractivity contribution is 6.30. The number of aromatic nitrogens is 1. The van der Waals surface area contributed by atoms with Gasteiger partial charge in [0.2, 0.25) is 5.91 Å². The number of fused-ring (bicyclic) bond motifs is 2. The molecule has 0 aliphatic carbocycles. The lowest BCUT2D eigenvalue weighted by molar-refractivity contribution is -0.121. The summed E-state index contributed by atoms with van der Waals surface area (Å²) in [5, 5.41) is 4.91. The molecule has 0 bridgehead atoms. The summed E-state index contributed by atoms with van der Waals surface area (Å²) < 4.78 is 6.15. The summed E-state index contributed by atoms with van der Waals surface area (Å²) in [5.74, 6) is 0.671. The SMILES string of the molecule is C[C@@H](c1c[nH]c2ccccc12)[C@H](NC(=O)N1CCC(Oc2ccccc2)CC1)C(=O)N1C[C@@H](CN(C)C)Cc2cc(Cl)ccc21. The highest BCUT2D eigenvalue weighted by Gasteiger charge is 2.38. The van der Waals surface area contributed by atoms with Crippen LogP contribution in [0.4, 0.5) is 10.5 Å². The molecule has 4 aromatic rings. The predicted molar refractivity (Wildman–Crippen MR) is 180 cm³/mol. The average molecular weight is 628 g/mol. The van der Waals surface area contributed by atoms with Gasteiger partial charge in [-0.05, 0) is 74.0 Å².